The van der Waals surface area contributed by atoms with E-state index in [1.165, 1.54) is 5.56 Å². The van der Waals surface area contributed by atoms with Gasteiger partial charge in [0.05, 0.1) is 13.0 Å². The molecule has 0 fully saturated rings. The van der Waals surface area contributed by atoms with Crippen LogP contribution in [0.2, 0.25) is 0 Å². The van der Waals surface area contributed by atoms with Crippen molar-refractivity contribution in [3.05, 3.63) is 35.4 Å². The predicted octanol–water partition coefficient (Wildman–Crippen LogP) is 5.43. The normalized spacial score (nSPS) is 12.3. The molecule has 0 aliphatic carbocycles. The summed E-state index contributed by atoms with van der Waals surface area (Å²) in [7, 11) is 0. The zero-order chi connectivity index (χ0) is 17.5. The van der Waals surface area contributed by atoms with Crippen LogP contribution in [0.4, 0.5) is 0 Å². The fraction of sp³-hybridized carbons (Fsp3) is 0.550. The molecule has 0 unspecified atom stereocenters. The Morgan fingerprint density at radius 2 is 1.91 bits per heavy atom. The van der Waals surface area contributed by atoms with Crippen molar-refractivity contribution in [2.24, 2.45) is 0 Å². The second-order valence-electron chi connectivity index (χ2n) is 6.89. The van der Waals surface area contributed by atoms with Crippen LogP contribution >= 0.6 is 0 Å². The van der Waals surface area contributed by atoms with Gasteiger partial charge in [0.15, 0.2) is 0 Å². The zero-order valence-electron chi connectivity index (χ0n) is 15.1. The van der Waals surface area contributed by atoms with Crippen molar-refractivity contribution >= 4 is 11.5 Å². The molecule has 0 radical (unpaired) electrons. The molecular weight excluding hydrogens is 288 g/mol. The summed E-state index contributed by atoms with van der Waals surface area (Å²) in [6, 6.07) is 6.29. The first-order valence-corrected chi connectivity index (χ1v) is 8.48. The third kappa shape index (κ3) is 6.09. The Morgan fingerprint density at radius 1 is 1.22 bits per heavy atom. The molecule has 0 saturated heterocycles. The average molecular weight is 318 g/mol. The lowest BCUT2D eigenvalue weighted by atomic mass is 9.84. The lowest BCUT2D eigenvalue weighted by molar-refractivity contribution is -0.135. The van der Waals surface area contributed by atoms with Gasteiger partial charge >= 0.3 is 5.97 Å². The second-order valence-corrected chi connectivity index (χ2v) is 6.89. The minimum Gasteiger partial charge on any atom is -0.493 e. The standard InChI is InChI=1S/C20H30O3/c1-6-8-15(9-12-19(21)22)17-14-16(20(3,4)5)10-11-18(17)23-13-7-2/h9-11,14H,6-8,12-13H2,1-5H3,(H,21,22)/b15-9+. The Kier molecular flexibility index (Phi) is 7.34. The van der Waals surface area contributed by atoms with E-state index in [1.807, 2.05) is 12.1 Å². The van der Waals surface area contributed by atoms with E-state index in [0.29, 0.717) is 6.61 Å². The van der Waals surface area contributed by atoms with Gasteiger partial charge in [-0.25, -0.2) is 0 Å². The Hall–Kier alpha value is -1.77. The largest absolute Gasteiger partial charge is 0.493 e. The molecule has 0 aromatic heterocycles. The third-order valence-electron chi connectivity index (χ3n) is 3.70. The molecule has 0 saturated carbocycles. The molecule has 128 valence electrons. The van der Waals surface area contributed by atoms with E-state index in [9.17, 15) is 4.79 Å². The van der Waals surface area contributed by atoms with E-state index in [1.54, 1.807) is 0 Å². The van der Waals surface area contributed by atoms with Crippen LogP contribution in [0.3, 0.4) is 0 Å². The summed E-state index contributed by atoms with van der Waals surface area (Å²) in [6.07, 6.45) is 4.64. The molecule has 3 heteroatoms. The fourth-order valence-electron chi connectivity index (χ4n) is 2.41. The van der Waals surface area contributed by atoms with Crippen molar-refractivity contribution in [3.8, 4) is 5.75 Å². The zero-order valence-corrected chi connectivity index (χ0v) is 15.1. The van der Waals surface area contributed by atoms with Gasteiger partial charge in [-0.05, 0) is 41.5 Å². The van der Waals surface area contributed by atoms with Crippen LogP contribution < -0.4 is 4.74 Å². The van der Waals surface area contributed by atoms with Crippen molar-refractivity contribution < 1.29 is 14.6 Å². The van der Waals surface area contributed by atoms with Gasteiger partial charge in [-0.15, -0.1) is 0 Å². The highest BCUT2D eigenvalue weighted by Crippen LogP contribution is 2.34. The molecule has 0 aliphatic rings. The number of aliphatic carboxylic acids is 1. The molecule has 3 nitrogen and oxygen atoms in total. The maximum atomic E-state index is 10.9. The number of hydrogen-bond donors (Lipinski definition) is 1. The fourth-order valence-corrected chi connectivity index (χ4v) is 2.41. The van der Waals surface area contributed by atoms with Crippen molar-refractivity contribution in [1.29, 1.82) is 0 Å². The topological polar surface area (TPSA) is 46.5 Å². The minimum atomic E-state index is -0.804. The Balaban J connectivity index is 3.33. The van der Waals surface area contributed by atoms with E-state index in [4.69, 9.17) is 9.84 Å². The van der Waals surface area contributed by atoms with Gasteiger partial charge in [-0.1, -0.05) is 53.2 Å². The molecule has 0 aliphatic heterocycles. The number of carboxylic acid groups (broad SMARTS) is 1. The SMILES string of the molecule is CCCOc1ccc(C(C)(C)C)cc1/C(=C/CC(=O)O)CCC. The van der Waals surface area contributed by atoms with E-state index in [-0.39, 0.29) is 11.8 Å². The number of hydrogen-bond acceptors (Lipinski definition) is 2. The Morgan fingerprint density at radius 3 is 2.43 bits per heavy atom. The summed E-state index contributed by atoms with van der Waals surface area (Å²) in [5.74, 6) is 0.0477. The van der Waals surface area contributed by atoms with E-state index < -0.39 is 5.97 Å². The van der Waals surface area contributed by atoms with Crippen molar-refractivity contribution in [1.82, 2.24) is 0 Å². The van der Waals surface area contributed by atoms with Gasteiger partial charge in [-0.2, -0.15) is 0 Å². The average Bonchev–Trinajstić information content (AvgIpc) is 2.48. The Bertz CT molecular complexity index is 550. The first-order valence-electron chi connectivity index (χ1n) is 8.48. The summed E-state index contributed by atoms with van der Waals surface area (Å²) in [6.45, 7) is 11.4. The van der Waals surface area contributed by atoms with E-state index >= 15 is 0 Å². The quantitative estimate of drug-likeness (QED) is 0.695. The van der Waals surface area contributed by atoms with Crippen LogP contribution in [0, 0.1) is 0 Å². The molecule has 23 heavy (non-hydrogen) atoms. The maximum absolute atomic E-state index is 10.9. The van der Waals surface area contributed by atoms with Gasteiger partial charge in [0.2, 0.25) is 0 Å². The number of allylic oxidation sites excluding steroid dienone is 1. The number of carbonyl (C=O) groups is 1. The van der Waals surface area contributed by atoms with Crippen LogP contribution in [0.15, 0.2) is 24.3 Å². The van der Waals surface area contributed by atoms with Gasteiger partial charge in [0.25, 0.3) is 0 Å². The lowest BCUT2D eigenvalue weighted by Gasteiger charge is -2.22. The molecule has 1 rings (SSSR count). The first kappa shape index (κ1) is 19.3. The molecule has 1 N–H and O–H groups in total. The van der Waals surface area contributed by atoms with E-state index in [0.717, 1.165) is 36.1 Å². The van der Waals surface area contributed by atoms with Crippen LogP contribution in [0.1, 0.15) is 71.4 Å². The van der Waals surface area contributed by atoms with Crippen molar-refractivity contribution in [3.63, 3.8) is 0 Å². The van der Waals surface area contributed by atoms with Crippen LogP contribution in [-0.2, 0) is 10.2 Å². The monoisotopic (exact) mass is 318 g/mol. The van der Waals surface area contributed by atoms with Crippen molar-refractivity contribution in [2.45, 2.75) is 65.7 Å². The highest BCUT2D eigenvalue weighted by molar-refractivity contribution is 5.76. The summed E-state index contributed by atoms with van der Waals surface area (Å²) in [5, 5.41) is 9.00. The smallest absolute Gasteiger partial charge is 0.307 e. The van der Waals surface area contributed by atoms with Crippen LogP contribution in [0.25, 0.3) is 5.57 Å². The highest BCUT2D eigenvalue weighted by atomic mass is 16.5. The first-order chi connectivity index (χ1) is 10.8. The van der Waals surface area contributed by atoms with Gasteiger partial charge in [0.1, 0.15) is 5.75 Å². The van der Waals surface area contributed by atoms with E-state index in [2.05, 4.69) is 46.8 Å². The molecule has 0 amide bonds. The van der Waals surface area contributed by atoms with Gasteiger partial charge < -0.3 is 9.84 Å². The van der Waals surface area contributed by atoms with Gasteiger partial charge in [-0.3, -0.25) is 4.79 Å². The van der Waals surface area contributed by atoms with Crippen LogP contribution in [0.5, 0.6) is 5.75 Å². The molecule has 1 aromatic rings. The molecule has 0 heterocycles. The van der Waals surface area contributed by atoms with Gasteiger partial charge in [0, 0.05) is 5.56 Å². The molecule has 0 bridgehead atoms. The summed E-state index contributed by atoms with van der Waals surface area (Å²) >= 11 is 0. The number of rotatable bonds is 8. The maximum Gasteiger partial charge on any atom is 0.307 e. The molecule has 0 atom stereocenters. The molecular formula is C20H30O3. The second kappa shape index (κ2) is 8.76. The Labute approximate surface area is 140 Å². The molecule has 0 spiro atoms. The summed E-state index contributed by atoms with van der Waals surface area (Å²) < 4.78 is 5.90. The predicted molar refractivity (Wildman–Crippen MR) is 96.1 cm³/mol. The molecule has 1 aromatic carbocycles. The number of carboxylic acids is 1. The third-order valence-corrected chi connectivity index (χ3v) is 3.70. The summed E-state index contributed by atoms with van der Waals surface area (Å²) in [4.78, 5) is 10.9. The number of benzene rings is 1. The highest BCUT2D eigenvalue weighted by Gasteiger charge is 2.17. The lowest BCUT2D eigenvalue weighted by Crippen LogP contribution is -2.12. The minimum absolute atomic E-state index is 0.0438. The van der Waals surface area contributed by atoms with Crippen molar-refractivity contribution in [2.75, 3.05) is 6.61 Å². The van der Waals surface area contributed by atoms with Crippen LogP contribution in [-0.4, -0.2) is 17.7 Å². The summed E-state index contributed by atoms with van der Waals surface area (Å²) in [5.41, 5.74) is 3.37. The number of ether oxygens (including phenoxy) is 1.